The number of benzene rings is 2. The first-order chi connectivity index (χ1) is 11.4. The number of carbonyl (C=O) groups excluding carboxylic acids is 2. The lowest BCUT2D eigenvalue weighted by Crippen LogP contribution is -2.28. The molecule has 0 saturated carbocycles. The van der Waals surface area contributed by atoms with Crippen LogP contribution in [-0.2, 0) is 9.59 Å². The van der Waals surface area contributed by atoms with Gasteiger partial charge in [0.25, 0.3) is 0 Å². The van der Waals surface area contributed by atoms with Crippen molar-refractivity contribution in [1.29, 1.82) is 0 Å². The molecule has 0 radical (unpaired) electrons. The molecule has 2 aromatic rings. The van der Waals surface area contributed by atoms with Crippen molar-refractivity contribution in [3.8, 4) is 0 Å². The van der Waals surface area contributed by atoms with E-state index >= 15 is 0 Å². The van der Waals surface area contributed by atoms with Crippen molar-refractivity contribution in [3.63, 3.8) is 0 Å². The lowest BCUT2D eigenvalue weighted by molar-refractivity contribution is -0.122. The Morgan fingerprint density at radius 1 is 1.17 bits per heavy atom. The molecule has 124 valence electrons. The Hall–Kier alpha value is -2.04. The molecule has 4 nitrogen and oxygen atoms in total. The fourth-order valence-electron chi connectivity index (χ4n) is 2.75. The summed E-state index contributed by atoms with van der Waals surface area (Å²) in [6.07, 6.45) is 0.178. The van der Waals surface area contributed by atoms with Crippen molar-refractivity contribution in [2.75, 3.05) is 16.8 Å². The largest absolute Gasteiger partial charge is 0.326 e. The highest BCUT2D eigenvalue weighted by molar-refractivity contribution is 6.42. The number of hydrogen-bond acceptors (Lipinski definition) is 2. The molecule has 0 aromatic heterocycles. The molecule has 1 N–H and O–H groups in total. The predicted molar refractivity (Wildman–Crippen MR) is 96.7 cm³/mol. The molecule has 1 fully saturated rings. The van der Waals surface area contributed by atoms with Crippen LogP contribution in [0.15, 0.2) is 42.5 Å². The van der Waals surface area contributed by atoms with Gasteiger partial charge in [-0.1, -0.05) is 35.3 Å². The molecule has 3 rings (SSSR count). The first-order valence-corrected chi connectivity index (χ1v) is 8.32. The zero-order chi connectivity index (χ0) is 17.3. The lowest BCUT2D eigenvalue weighted by Gasteiger charge is -2.17. The third kappa shape index (κ3) is 3.55. The van der Waals surface area contributed by atoms with Gasteiger partial charge in [-0.05, 0) is 42.8 Å². The second kappa shape index (κ2) is 6.83. The second-order valence-corrected chi connectivity index (χ2v) is 6.68. The minimum Gasteiger partial charge on any atom is -0.326 e. The van der Waals surface area contributed by atoms with Crippen molar-refractivity contribution in [2.45, 2.75) is 13.3 Å². The van der Waals surface area contributed by atoms with E-state index < -0.39 is 5.92 Å². The Morgan fingerprint density at radius 3 is 2.67 bits per heavy atom. The first kappa shape index (κ1) is 16.8. The van der Waals surface area contributed by atoms with Crippen LogP contribution in [0.2, 0.25) is 10.0 Å². The van der Waals surface area contributed by atoms with Gasteiger partial charge in [0.1, 0.15) is 0 Å². The van der Waals surface area contributed by atoms with Gasteiger partial charge >= 0.3 is 0 Å². The Bertz CT molecular complexity index is 807. The maximum atomic E-state index is 12.4. The molecule has 0 bridgehead atoms. The minimum atomic E-state index is -0.396. The molecule has 2 aromatic carbocycles. The molecule has 6 heteroatoms. The van der Waals surface area contributed by atoms with Crippen molar-refractivity contribution < 1.29 is 9.59 Å². The highest BCUT2D eigenvalue weighted by Crippen LogP contribution is 2.31. The third-order valence-electron chi connectivity index (χ3n) is 4.00. The summed E-state index contributed by atoms with van der Waals surface area (Å²) in [6.45, 7) is 2.29. The van der Waals surface area contributed by atoms with Gasteiger partial charge in [0.2, 0.25) is 11.8 Å². The van der Waals surface area contributed by atoms with Gasteiger partial charge in [0.15, 0.2) is 0 Å². The number of nitrogens with one attached hydrogen (secondary N) is 1. The molecular weight excluding hydrogens is 347 g/mol. The number of carbonyl (C=O) groups is 2. The molecule has 1 atom stereocenters. The van der Waals surface area contributed by atoms with Gasteiger partial charge in [-0.25, -0.2) is 0 Å². The van der Waals surface area contributed by atoms with E-state index in [0.717, 1.165) is 11.3 Å². The first-order valence-electron chi connectivity index (χ1n) is 7.57. The number of halogens is 2. The molecule has 0 spiro atoms. The normalized spacial score (nSPS) is 17.2. The standard InChI is InChI=1S/C18H16Cl2N2O2/c1-11-3-2-4-13(7-11)21-18(24)12-8-17(23)22(10-12)14-5-6-15(19)16(20)9-14/h2-7,9,12H,8,10H2,1H3,(H,21,24). The summed E-state index contributed by atoms with van der Waals surface area (Å²) in [6, 6.07) is 12.6. The minimum absolute atomic E-state index is 0.0993. The highest BCUT2D eigenvalue weighted by atomic mass is 35.5. The molecule has 24 heavy (non-hydrogen) atoms. The van der Waals surface area contributed by atoms with E-state index in [2.05, 4.69) is 5.32 Å². The predicted octanol–water partition coefficient (Wildman–Crippen LogP) is 4.29. The number of amides is 2. The van der Waals surface area contributed by atoms with Crippen LogP contribution in [0, 0.1) is 12.8 Å². The highest BCUT2D eigenvalue weighted by Gasteiger charge is 2.35. The number of anilines is 2. The number of rotatable bonds is 3. The van der Waals surface area contributed by atoms with Crippen molar-refractivity contribution >= 4 is 46.4 Å². The smallest absolute Gasteiger partial charge is 0.229 e. The molecule has 1 unspecified atom stereocenters. The van der Waals surface area contributed by atoms with Crippen LogP contribution in [0.4, 0.5) is 11.4 Å². The van der Waals surface area contributed by atoms with E-state index in [0.29, 0.717) is 22.3 Å². The monoisotopic (exact) mass is 362 g/mol. The van der Waals surface area contributed by atoms with Crippen LogP contribution < -0.4 is 10.2 Å². The summed E-state index contributed by atoms with van der Waals surface area (Å²) in [5.41, 5.74) is 2.45. The summed E-state index contributed by atoms with van der Waals surface area (Å²) in [4.78, 5) is 26.3. The Balaban J connectivity index is 1.72. The number of nitrogens with zero attached hydrogens (tertiary/aromatic N) is 1. The Morgan fingerprint density at radius 2 is 1.96 bits per heavy atom. The van der Waals surface area contributed by atoms with Crippen LogP contribution in [0.1, 0.15) is 12.0 Å². The second-order valence-electron chi connectivity index (χ2n) is 5.86. The Kier molecular flexibility index (Phi) is 4.78. The maximum absolute atomic E-state index is 12.4. The van der Waals surface area contributed by atoms with Crippen LogP contribution in [-0.4, -0.2) is 18.4 Å². The molecule has 1 saturated heterocycles. The zero-order valence-electron chi connectivity index (χ0n) is 13.1. The molecule has 2 amide bonds. The number of hydrogen-bond donors (Lipinski definition) is 1. The summed E-state index contributed by atoms with van der Waals surface area (Å²) in [7, 11) is 0. The van der Waals surface area contributed by atoms with Crippen LogP contribution in [0.25, 0.3) is 0 Å². The van der Waals surface area contributed by atoms with Crippen molar-refractivity contribution in [3.05, 3.63) is 58.1 Å². The van der Waals surface area contributed by atoms with Crippen molar-refractivity contribution in [1.82, 2.24) is 0 Å². The summed E-state index contributed by atoms with van der Waals surface area (Å²) >= 11 is 11.9. The average molecular weight is 363 g/mol. The lowest BCUT2D eigenvalue weighted by atomic mass is 10.1. The van der Waals surface area contributed by atoms with E-state index in [1.54, 1.807) is 23.1 Å². The van der Waals surface area contributed by atoms with Crippen molar-refractivity contribution in [2.24, 2.45) is 5.92 Å². The average Bonchev–Trinajstić information content (AvgIpc) is 2.92. The van der Waals surface area contributed by atoms with E-state index in [-0.39, 0.29) is 18.2 Å². The van der Waals surface area contributed by atoms with Crippen LogP contribution in [0.5, 0.6) is 0 Å². The molecule has 1 aliphatic heterocycles. The van der Waals surface area contributed by atoms with Gasteiger partial charge in [-0.3, -0.25) is 9.59 Å². The molecular formula is C18H16Cl2N2O2. The summed E-state index contributed by atoms with van der Waals surface area (Å²) in [5.74, 6) is -0.651. The molecule has 0 aliphatic carbocycles. The molecule has 1 aliphatic rings. The van der Waals surface area contributed by atoms with E-state index in [1.165, 1.54) is 0 Å². The van der Waals surface area contributed by atoms with Gasteiger partial charge in [0.05, 0.1) is 16.0 Å². The van der Waals surface area contributed by atoms with Gasteiger partial charge in [-0.2, -0.15) is 0 Å². The summed E-state index contributed by atoms with van der Waals surface area (Å²) < 4.78 is 0. The maximum Gasteiger partial charge on any atom is 0.229 e. The van der Waals surface area contributed by atoms with Crippen LogP contribution >= 0.6 is 23.2 Å². The Labute approximate surface area is 150 Å². The summed E-state index contributed by atoms with van der Waals surface area (Å²) in [5, 5.41) is 3.69. The fraction of sp³-hybridized carbons (Fsp3) is 0.222. The van der Waals surface area contributed by atoms with E-state index in [1.807, 2.05) is 31.2 Å². The van der Waals surface area contributed by atoms with E-state index in [4.69, 9.17) is 23.2 Å². The SMILES string of the molecule is Cc1cccc(NC(=O)C2CC(=O)N(c3ccc(Cl)c(Cl)c3)C2)c1. The van der Waals surface area contributed by atoms with Gasteiger partial charge in [0, 0.05) is 24.3 Å². The van der Waals surface area contributed by atoms with Crippen LogP contribution in [0.3, 0.4) is 0 Å². The topological polar surface area (TPSA) is 49.4 Å². The van der Waals surface area contributed by atoms with E-state index in [9.17, 15) is 9.59 Å². The van der Waals surface area contributed by atoms with Gasteiger partial charge < -0.3 is 10.2 Å². The fourth-order valence-corrected chi connectivity index (χ4v) is 3.05. The quantitative estimate of drug-likeness (QED) is 0.884. The van der Waals surface area contributed by atoms with Gasteiger partial charge in [-0.15, -0.1) is 0 Å². The number of aryl methyl sites for hydroxylation is 1. The third-order valence-corrected chi connectivity index (χ3v) is 4.74. The zero-order valence-corrected chi connectivity index (χ0v) is 14.6. The molecule has 1 heterocycles.